The molecule has 0 atom stereocenters. The number of nitrogens with zero attached hydrogens (tertiary/aromatic N) is 1. The molecule has 328 valence electrons. The monoisotopic (exact) mass is 857 g/mol. The van der Waals surface area contributed by atoms with E-state index in [0.717, 1.165) is 82.8 Å². The summed E-state index contributed by atoms with van der Waals surface area (Å²) in [6, 6.07) is 52.7. The minimum absolute atomic E-state index is 0.259. The number of para-hydroxylation sites is 2. The quantitative estimate of drug-likeness (QED) is 0.0599. The van der Waals surface area contributed by atoms with Crippen LogP contribution in [-0.4, -0.2) is 0 Å². The highest BCUT2D eigenvalue weighted by molar-refractivity contribution is 6.19. The second-order valence-corrected chi connectivity index (χ2v) is 18.3. The van der Waals surface area contributed by atoms with Crippen molar-refractivity contribution >= 4 is 82.5 Å². The smallest absolute Gasteiger partial charge is 0.159 e. The molecule has 10 aromatic rings. The topological polar surface area (TPSA) is 29.5 Å². The van der Waals surface area contributed by atoms with Gasteiger partial charge in [-0.05, 0) is 100 Å². The Bertz CT molecular complexity index is 3230. The lowest BCUT2D eigenvalue weighted by atomic mass is 9.87. The van der Waals surface area contributed by atoms with Gasteiger partial charge in [-0.25, -0.2) is 4.39 Å². The minimum Gasteiger partial charge on any atom is -0.454 e. The fourth-order valence-electron chi connectivity index (χ4n) is 10.5. The maximum atomic E-state index is 14.4. The fraction of sp³-hybridized carbons (Fsp3) is 0.279. The minimum atomic E-state index is -0.259. The number of halogens is 1. The van der Waals surface area contributed by atoms with Gasteiger partial charge in [0.1, 0.15) is 17.0 Å². The van der Waals surface area contributed by atoms with E-state index in [1.165, 1.54) is 112 Å². The molecule has 0 radical (unpaired) electrons. The number of furan rings is 2. The van der Waals surface area contributed by atoms with Gasteiger partial charge in [0.15, 0.2) is 11.2 Å². The number of anilines is 3. The second kappa shape index (κ2) is 19.4. The summed E-state index contributed by atoms with van der Waals surface area (Å²) in [5, 5.41) is 8.95. The molecule has 0 spiro atoms. The summed E-state index contributed by atoms with van der Waals surface area (Å²) in [7, 11) is 0. The van der Waals surface area contributed by atoms with Crippen LogP contribution in [0.2, 0.25) is 0 Å². The van der Waals surface area contributed by atoms with Gasteiger partial charge in [-0.2, -0.15) is 0 Å². The van der Waals surface area contributed by atoms with Crippen LogP contribution in [0.1, 0.15) is 115 Å². The van der Waals surface area contributed by atoms with Crippen LogP contribution in [-0.2, 0) is 0 Å². The van der Waals surface area contributed by atoms with Crippen molar-refractivity contribution in [3.63, 3.8) is 0 Å². The largest absolute Gasteiger partial charge is 0.454 e. The van der Waals surface area contributed by atoms with Gasteiger partial charge in [-0.3, -0.25) is 0 Å². The molecule has 0 amide bonds. The average Bonchev–Trinajstić information content (AvgIpc) is 3.92. The standard InChI is InChI=1S/C61H60FNO2/c1-3-5-7-9-11-13-22-42(23-14-12-10-8-6-4-2)44-34-36-51-53-30-20-32-55(60(53)64-58(51)40-44)63(57-39-46-24-15-16-27-48(46)49-28-17-18-29-50(49)57)56-33-21-31-54-52-37-35-45(41-59(52)65-61(54)56)43-25-19-26-47(62)38-43/h15-21,24-42H,3-14,22-23H2,1-2H3. The molecule has 4 heteroatoms. The zero-order chi connectivity index (χ0) is 44.1. The van der Waals surface area contributed by atoms with Gasteiger partial charge in [0.2, 0.25) is 0 Å². The molecular formula is C61H60FNO2. The van der Waals surface area contributed by atoms with Gasteiger partial charge in [0.25, 0.3) is 0 Å². The average molecular weight is 858 g/mol. The van der Waals surface area contributed by atoms with Crippen molar-refractivity contribution < 1.29 is 13.2 Å². The zero-order valence-corrected chi connectivity index (χ0v) is 38.1. The molecule has 10 rings (SSSR count). The highest BCUT2D eigenvalue weighted by Crippen LogP contribution is 2.49. The third kappa shape index (κ3) is 8.64. The summed E-state index contributed by atoms with van der Waals surface area (Å²) in [6.45, 7) is 4.59. The van der Waals surface area contributed by atoms with Crippen molar-refractivity contribution in [1.29, 1.82) is 0 Å². The molecule has 0 aliphatic carbocycles. The van der Waals surface area contributed by atoms with Gasteiger partial charge in [-0.15, -0.1) is 0 Å². The van der Waals surface area contributed by atoms with Crippen molar-refractivity contribution in [3.8, 4) is 11.1 Å². The maximum Gasteiger partial charge on any atom is 0.159 e. The van der Waals surface area contributed by atoms with E-state index < -0.39 is 0 Å². The predicted molar refractivity (Wildman–Crippen MR) is 275 cm³/mol. The van der Waals surface area contributed by atoms with E-state index in [0.29, 0.717) is 5.92 Å². The first kappa shape index (κ1) is 42.6. The zero-order valence-electron chi connectivity index (χ0n) is 38.1. The molecule has 0 bridgehead atoms. The number of benzene rings is 8. The van der Waals surface area contributed by atoms with E-state index in [2.05, 4.69) is 140 Å². The third-order valence-corrected chi connectivity index (χ3v) is 13.9. The molecule has 2 aromatic heterocycles. The van der Waals surface area contributed by atoms with Crippen LogP contribution in [0, 0.1) is 5.82 Å². The molecular weight excluding hydrogens is 798 g/mol. The molecule has 0 saturated carbocycles. The summed E-state index contributed by atoms with van der Waals surface area (Å²) in [6.07, 6.45) is 18.3. The van der Waals surface area contributed by atoms with Crippen LogP contribution < -0.4 is 4.90 Å². The molecule has 0 saturated heterocycles. The number of fused-ring (bicyclic) bond motifs is 9. The number of hydrogen-bond donors (Lipinski definition) is 0. The fourth-order valence-corrected chi connectivity index (χ4v) is 10.5. The van der Waals surface area contributed by atoms with Gasteiger partial charge >= 0.3 is 0 Å². The molecule has 2 heterocycles. The molecule has 3 nitrogen and oxygen atoms in total. The van der Waals surface area contributed by atoms with Crippen LogP contribution in [0.15, 0.2) is 160 Å². The molecule has 0 aliphatic rings. The van der Waals surface area contributed by atoms with Crippen LogP contribution in [0.25, 0.3) is 76.5 Å². The highest BCUT2D eigenvalue weighted by atomic mass is 19.1. The molecule has 0 unspecified atom stereocenters. The van der Waals surface area contributed by atoms with Gasteiger partial charge in [0.05, 0.1) is 17.1 Å². The summed E-state index contributed by atoms with van der Waals surface area (Å²) >= 11 is 0. The third-order valence-electron chi connectivity index (χ3n) is 13.9. The molecule has 0 fully saturated rings. The predicted octanol–water partition coefficient (Wildman–Crippen LogP) is 19.7. The van der Waals surface area contributed by atoms with E-state index in [4.69, 9.17) is 8.83 Å². The lowest BCUT2D eigenvalue weighted by Gasteiger charge is -2.27. The van der Waals surface area contributed by atoms with Gasteiger partial charge < -0.3 is 13.7 Å². The maximum absolute atomic E-state index is 14.4. The highest BCUT2D eigenvalue weighted by Gasteiger charge is 2.26. The van der Waals surface area contributed by atoms with E-state index in [-0.39, 0.29) is 5.82 Å². The van der Waals surface area contributed by atoms with Crippen molar-refractivity contribution in [2.24, 2.45) is 0 Å². The van der Waals surface area contributed by atoms with Crippen molar-refractivity contribution in [2.45, 2.75) is 110 Å². The first-order valence-electron chi connectivity index (χ1n) is 24.5. The Morgan fingerprint density at radius 1 is 0.415 bits per heavy atom. The van der Waals surface area contributed by atoms with Crippen molar-refractivity contribution in [3.05, 3.63) is 163 Å². The molecule has 0 N–H and O–H groups in total. The number of rotatable bonds is 19. The Balaban J connectivity index is 1.12. The Hall–Kier alpha value is -6.39. The first-order valence-corrected chi connectivity index (χ1v) is 24.5. The number of unbranched alkanes of at least 4 members (excludes halogenated alkanes) is 10. The lowest BCUT2D eigenvalue weighted by molar-refractivity contribution is 0.486. The normalized spacial score (nSPS) is 12.0. The molecule has 0 aliphatic heterocycles. The molecule has 65 heavy (non-hydrogen) atoms. The Kier molecular flexibility index (Phi) is 12.7. The SMILES string of the molecule is CCCCCCCCC(CCCCCCCC)c1ccc2c(c1)oc1c(N(c3cc4ccccc4c4ccccc34)c3cccc4c3oc3cc(-c5cccc(F)c5)ccc34)cccc12. The summed E-state index contributed by atoms with van der Waals surface area (Å²) in [5.41, 5.74) is 9.35. The van der Waals surface area contributed by atoms with Crippen molar-refractivity contribution in [1.82, 2.24) is 0 Å². The molecule has 8 aromatic carbocycles. The van der Waals surface area contributed by atoms with E-state index in [9.17, 15) is 4.39 Å². The van der Waals surface area contributed by atoms with Crippen LogP contribution in [0.5, 0.6) is 0 Å². The number of hydrogen-bond acceptors (Lipinski definition) is 3. The Labute approximate surface area is 382 Å². The van der Waals surface area contributed by atoms with Gasteiger partial charge in [-0.1, -0.05) is 194 Å². The summed E-state index contributed by atoms with van der Waals surface area (Å²) in [5.74, 6) is 0.266. The first-order chi connectivity index (χ1) is 32.1. The van der Waals surface area contributed by atoms with Gasteiger partial charge in [0, 0.05) is 26.9 Å². The van der Waals surface area contributed by atoms with E-state index >= 15 is 0 Å². The Morgan fingerprint density at radius 3 is 1.62 bits per heavy atom. The van der Waals surface area contributed by atoms with Crippen LogP contribution >= 0.6 is 0 Å². The summed E-state index contributed by atoms with van der Waals surface area (Å²) < 4.78 is 28.5. The Morgan fingerprint density at radius 2 is 0.954 bits per heavy atom. The van der Waals surface area contributed by atoms with Crippen LogP contribution in [0.4, 0.5) is 21.5 Å². The van der Waals surface area contributed by atoms with Crippen LogP contribution in [0.3, 0.4) is 0 Å². The lowest BCUT2D eigenvalue weighted by Crippen LogP contribution is -2.11. The summed E-state index contributed by atoms with van der Waals surface area (Å²) in [4.78, 5) is 2.36. The van der Waals surface area contributed by atoms with E-state index in [1.807, 2.05) is 12.1 Å². The van der Waals surface area contributed by atoms with Crippen molar-refractivity contribution in [2.75, 3.05) is 4.90 Å². The second-order valence-electron chi connectivity index (χ2n) is 18.3. The van der Waals surface area contributed by atoms with E-state index in [1.54, 1.807) is 12.1 Å².